The van der Waals surface area contributed by atoms with Gasteiger partial charge in [0.2, 0.25) is 0 Å². The van der Waals surface area contributed by atoms with E-state index in [1.165, 1.54) is 0 Å². The van der Waals surface area contributed by atoms with Crippen LogP contribution < -0.4 is 4.74 Å². The van der Waals surface area contributed by atoms with Crippen molar-refractivity contribution >= 4 is 15.9 Å². The van der Waals surface area contributed by atoms with Crippen LogP contribution in [0.1, 0.15) is 17.4 Å². The Kier molecular flexibility index (Phi) is 4.43. The van der Waals surface area contributed by atoms with E-state index in [0.717, 1.165) is 10.0 Å². The molecule has 0 amide bonds. The molecule has 0 atom stereocenters. The quantitative estimate of drug-likeness (QED) is 0.911. The summed E-state index contributed by atoms with van der Waals surface area (Å²) in [4.78, 5) is 0. The molecule has 1 aliphatic heterocycles. The summed E-state index contributed by atoms with van der Waals surface area (Å²) in [5.74, 6) is 0.650. The summed E-state index contributed by atoms with van der Waals surface area (Å²) in [5, 5.41) is 10.2. The third-order valence-electron chi connectivity index (χ3n) is 3.18. The van der Waals surface area contributed by atoms with Crippen LogP contribution in [0.25, 0.3) is 0 Å². The zero-order valence-electron chi connectivity index (χ0n) is 11.3. The van der Waals surface area contributed by atoms with E-state index in [0.29, 0.717) is 31.1 Å². The molecule has 21 heavy (non-hydrogen) atoms. The van der Waals surface area contributed by atoms with Gasteiger partial charge in [-0.05, 0) is 17.7 Å². The predicted molar refractivity (Wildman–Crippen MR) is 81.2 cm³/mol. The van der Waals surface area contributed by atoms with Gasteiger partial charge in [-0.15, -0.1) is 0 Å². The Bertz CT molecular complexity index is 609. The van der Waals surface area contributed by atoms with E-state index < -0.39 is 6.29 Å². The lowest BCUT2D eigenvalue weighted by molar-refractivity contribution is -0.0472. The molecule has 5 heteroatoms. The second kappa shape index (κ2) is 6.47. The van der Waals surface area contributed by atoms with Crippen molar-refractivity contribution in [1.82, 2.24) is 0 Å². The van der Waals surface area contributed by atoms with Gasteiger partial charge in [-0.3, -0.25) is 0 Å². The number of phenolic OH excluding ortho intramolecular Hbond substituents is 1. The second-order valence-corrected chi connectivity index (χ2v) is 5.60. The highest BCUT2D eigenvalue weighted by atomic mass is 79.9. The van der Waals surface area contributed by atoms with Gasteiger partial charge in [0.05, 0.1) is 18.8 Å². The standard InChI is InChI=1S/C16H15BrO4/c17-12-8-13(18)15(16-19-6-7-20-16)14(9-12)21-10-11-4-2-1-3-5-11/h1-5,8-9,16,18H,6-7,10H2. The van der Waals surface area contributed by atoms with Crippen molar-refractivity contribution in [3.8, 4) is 11.5 Å². The van der Waals surface area contributed by atoms with Gasteiger partial charge in [0.15, 0.2) is 6.29 Å². The molecule has 1 heterocycles. The maximum absolute atomic E-state index is 10.2. The molecule has 0 aliphatic carbocycles. The summed E-state index contributed by atoms with van der Waals surface area (Å²) in [6.07, 6.45) is -0.580. The van der Waals surface area contributed by atoms with E-state index in [2.05, 4.69) is 15.9 Å². The number of hydrogen-bond acceptors (Lipinski definition) is 4. The summed E-state index contributed by atoms with van der Waals surface area (Å²) in [5.41, 5.74) is 1.59. The fourth-order valence-corrected chi connectivity index (χ4v) is 2.62. The van der Waals surface area contributed by atoms with E-state index in [9.17, 15) is 5.11 Å². The summed E-state index contributed by atoms with van der Waals surface area (Å²) < 4.78 is 17.5. The number of aromatic hydroxyl groups is 1. The van der Waals surface area contributed by atoms with Crippen molar-refractivity contribution in [2.45, 2.75) is 12.9 Å². The Morgan fingerprint density at radius 3 is 2.57 bits per heavy atom. The van der Waals surface area contributed by atoms with Gasteiger partial charge in [-0.1, -0.05) is 46.3 Å². The predicted octanol–water partition coefficient (Wildman–Crippen LogP) is 3.78. The smallest absolute Gasteiger partial charge is 0.191 e. The molecule has 1 saturated heterocycles. The van der Waals surface area contributed by atoms with Crippen molar-refractivity contribution in [1.29, 1.82) is 0 Å². The monoisotopic (exact) mass is 350 g/mol. The van der Waals surface area contributed by atoms with Gasteiger partial charge in [0.25, 0.3) is 0 Å². The number of halogens is 1. The Balaban J connectivity index is 1.85. The Hall–Kier alpha value is -1.56. The molecule has 110 valence electrons. The third kappa shape index (κ3) is 3.37. The lowest BCUT2D eigenvalue weighted by Gasteiger charge is -2.17. The van der Waals surface area contributed by atoms with Crippen LogP contribution in [0.3, 0.4) is 0 Å². The highest BCUT2D eigenvalue weighted by Crippen LogP contribution is 2.40. The molecule has 1 aliphatic rings. The first-order valence-corrected chi connectivity index (χ1v) is 7.45. The first-order valence-electron chi connectivity index (χ1n) is 6.66. The molecule has 0 spiro atoms. The summed E-state index contributed by atoms with van der Waals surface area (Å²) >= 11 is 3.36. The number of ether oxygens (including phenoxy) is 3. The van der Waals surface area contributed by atoms with Gasteiger partial charge in [-0.25, -0.2) is 0 Å². The van der Waals surface area contributed by atoms with Crippen LogP contribution in [-0.4, -0.2) is 18.3 Å². The minimum absolute atomic E-state index is 0.0966. The van der Waals surface area contributed by atoms with E-state index in [4.69, 9.17) is 14.2 Å². The Morgan fingerprint density at radius 1 is 1.14 bits per heavy atom. The van der Waals surface area contributed by atoms with E-state index in [-0.39, 0.29) is 5.75 Å². The number of phenols is 1. The largest absolute Gasteiger partial charge is 0.507 e. The second-order valence-electron chi connectivity index (χ2n) is 4.68. The lowest BCUT2D eigenvalue weighted by atomic mass is 10.1. The molecular formula is C16H15BrO4. The minimum Gasteiger partial charge on any atom is -0.507 e. The molecule has 0 unspecified atom stereocenters. The summed E-state index contributed by atoms with van der Waals surface area (Å²) in [7, 11) is 0. The number of hydrogen-bond donors (Lipinski definition) is 1. The molecule has 0 saturated carbocycles. The molecule has 0 radical (unpaired) electrons. The molecule has 1 N–H and O–H groups in total. The van der Waals surface area contributed by atoms with Crippen LogP contribution in [0.15, 0.2) is 46.9 Å². The SMILES string of the molecule is Oc1cc(Br)cc(OCc2ccccc2)c1C1OCCO1. The highest BCUT2D eigenvalue weighted by Gasteiger charge is 2.26. The van der Waals surface area contributed by atoms with Crippen LogP contribution in [0, 0.1) is 0 Å². The topological polar surface area (TPSA) is 47.9 Å². The van der Waals surface area contributed by atoms with Crippen molar-refractivity contribution in [3.05, 3.63) is 58.1 Å². The fourth-order valence-electron chi connectivity index (χ4n) is 2.20. The van der Waals surface area contributed by atoms with Gasteiger partial charge >= 0.3 is 0 Å². The first kappa shape index (κ1) is 14.4. The average Bonchev–Trinajstić information content (AvgIpc) is 2.99. The van der Waals surface area contributed by atoms with Crippen LogP contribution in [0.4, 0.5) is 0 Å². The molecule has 2 aromatic rings. The first-order chi connectivity index (χ1) is 10.2. The third-order valence-corrected chi connectivity index (χ3v) is 3.64. The van der Waals surface area contributed by atoms with E-state index >= 15 is 0 Å². The molecule has 4 nitrogen and oxygen atoms in total. The maximum Gasteiger partial charge on any atom is 0.191 e. The molecule has 0 aromatic heterocycles. The fraction of sp³-hybridized carbons (Fsp3) is 0.250. The average molecular weight is 351 g/mol. The minimum atomic E-state index is -0.580. The summed E-state index contributed by atoms with van der Waals surface area (Å²) in [6, 6.07) is 13.3. The van der Waals surface area contributed by atoms with Crippen LogP contribution in [0.5, 0.6) is 11.5 Å². The van der Waals surface area contributed by atoms with Gasteiger partial charge in [0.1, 0.15) is 18.1 Å². The van der Waals surface area contributed by atoms with Crippen molar-refractivity contribution in [2.24, 2.45) is 0 Å². The maximum atomic E-state index is 10.2. The zero-order valence-corrected chi connectivity index (χ0v) is 12.9. The van der Waals surface area contributed by atoms with Gasteiger partial charge in [0, 0.05) is 4.47 Å². The number of rotatable bonds is 4. The van der Waals surface area contributed by atoms with Gasteiger partial charge in [-0.2, -0.15) is 0 Å². The summed E-state index contributed by atoms with van der Waals surface area (Å²) in [6.45, 7) is 1.44. The normalized spacial score (nSPS) is 15.3. The van der Waals surface area contributed by atoms with Crippen molar-refractivity contribution < 1.29 is 19.3 Å². The van der Waals surface area contributed by atoms with Crippen molar-refractivity contribution in [3.63, 3.8) is 0 Å². The van der Waals surface area contributed by atoms with E-state index in [1.807, 2.05) is 36.4 Å². The number of benzene rings is 2. The molecular weight excluding hydrogens is 336 g/mol. The zero-order chi connectivity index (χ0) is 14.7. The van der Waals surface area contributed by atoms with Crippen LogP contribution in [-0.2, 0) is 16.1 Å². The van der Waals surface area contributed by atoms with Crippen molar-refractivity contribution in [2.75, 3.05) is 13.2 Å². The lowest BCUT2D eigenvalue weighted by Crippen LogP contribution is -2.04. The highest BCUT2D eigenvalue weighted by molar-refractivity contribution is 9.10. The molecule has 0 bridgehead atoms. The molecule has 2 aromatic carbocycles. The molecule has 3 rings (SSSR count). The van der Waals surface area contributed by atoms with Crippen LogP contribution >= 0.6 is 15.9 Å². The van der Waals surface area contributed by atoms with E-state index in [1.54, 1.807) is 6.07 Å². The molecule has 1 fully saturated rings. The van der Waals surface area contributed by atoms with Crippen LogP contribution in [0.2, 0.25) is 0 Å². The Morgan fingerprint density at radius 2 is 1.86 bits per heavy atom. The van der Waals surface area contributed by atoms with Gasteiger partial charge < -0.3 is 19.3 Å². The Labute approximate surface area is 131 Å².